The summed E-state index contributed by atoms with van der Waals surface area (Å²) in [5.74, 6) is -0.0316. The van der Waals surface area contributed by atoms with Gasteiger partial charge in [0.25, 0.3) is 0 Å². The predicted molar refractivity (Wildman–Crippen MR) is 135 cm³/mol. The van der Waals surface area contributed by atoms with Crippen LogP contribution in [0.5, 0.6) is 0 Å². The Morgan fingerprint density at radius 3 is 1.81 bits per heavy atom. The van der Waals surface area contributed by atoms with Crippen LogP contribution in [0.1, 0.15) is 50.4 Å². The molecular weight excluding hydrogens is 478 g/mol. The number of halogens is 4. The Morgan fingerprint density at radius 1 is 0.656 bits per heavy atom. The summed E-state index contributed by atoms with van der Waals surface area (Å²) in [7, 11) is 0. The van der Waals surface area contributed by atoms with Crippen LogP contribution in [0.15, 0.2) is 72.8 Å². The van der Waals surface area contributed by atoms with Crippen LogP contribution in [0.25, 0.3) is 0 Å². The van der Waals surface area contributed by atoms with Crippen LogP contribution in [0.2, 0.25) is 20.1 Å². The van der Waals surface area contributed by atoms with Crippen molar-refractivity contribution in [2.24, 2.45) is 0 Å². The van der Waals surface area contributed by atoms with Crippen LogP contribution < -0.4 is 0 Å². The van der Waals surface area contributed by atoms with E-state index >= 15 is 0 Å². The second kappa shape index (κ2) is 7.27. The average molecular weight is 496 g/mol. The number of hydrogen-bond acceptors (Lipinski definition) is 0. The summed E-state index contributed by atoms with van der Waals surface area (Å²) in [6.07, 6.45) is 0.751. The van der Waals surface area contributed by atoms with Gasteiger partial charge in [0, 0.05) is 5.92 Å². The molecule has 0 spiro atoms. The van der Waals surface area contributed by atoms with Gasteiger partial charge in [-0.05, 0) is 57.9 Å². The maximum absolute atomic E-state index is 7.04. The average Bonchev–Trinajstić information content (AvgIpc) is 2.82. The molecule has 0 N–H and O–H groups in total. The summed E-state index contributed by atoms with van der Waals surface area (Å²) in [4.78, 5) is 0. The van der Waals surface area contributed by atoms with Crippen molar-refractivity contribution >= 4 is 46.4 Å². The first-order chi connectivity index (χ1) is 15.5. The fraction of sp³-hybridized carbons (Fsp3) is 0.143. The Kier molecular flexibility index (Phi) is 4.69. The topological polar surface area (TPSA) is 0 Å². The third kappa shape index (κ3) is 2.53. The van der Waals surface area contributed by atoms with Crippen molar-refractivity contribution in [2.45, 2.75) is 24.7 Å². The summed E-state index contributed by atoms with van der Waals surface area (Å²) in [5, 5.41) is 1.65. The Hall–Kier alpha value is -1.96. The van der Waals surface area contributed by atoms with Gasteiger partial charge in [0.15, 0.2) is 0 Å². The number of benzene rings is 4. The molecule has 7 rings (SSSR count). The van der Waals surface area contributed by atoms with E-state index in [9.17, 15) is 0 Å². The number of aryl methyl sites for hydroxylation is 1. The second-order valence-corrected chi connectivity index (χ2v) is 10.2. The molecule has 158 valence electrons. The molecule has 0 heterocycles. The molecule has 0 aromatic heterocycles. The minimum atomic E-state index is -0.516. The van der Waals surface area contributed by atoms with E-state index in [1.165, 1.54) is 33.4 Å². The summed E-state index contributed by atoms with van der Waals surface area (Å²) in [6.45, 7) is 2.16. The zero-order valence-electron chi connectivity index (χ0n) is 17.2. The van der Waals surface area contributed by atoms with E-state index in [1.54, 1.807) is 0 Å². The first-order valence-corrected chi connectivity index (χ1v) is 12.1. The summed E-state index contributed by atoms with van der Waals surface area (Å²) in [5.41, 5.74) is 8.99. The molecule has 0 fully saturated rings. The minimum Gasteiger partial charge on any atom is -0.0823 e. The molecule has 0 saturated carbocycles. The van der Waals surface area contributed by atoms with Gasteiger partial charge in [0.1, 0.15) is 0 Å². The van der Waals surface area contributed by atoms with Gasteiger partial charge >= 0.3 is 0 Å². The Labute approximate surface area is 207 Å². The number of hydrogen-bond donors (Lipinski definition) is 0. The van der Waals surface area contributed by atoms with E-state index in [-0.39, 0.29) is 5.92 Å². The molecular formula is C28H18Cl4. The molecule has 0 saturated heterocycles. The molecule has 0 radical (unpaired) electrons. The van der Waals surface area contributed by atoms with E-state index < -0.39 is 5.41 Å². The van der Waals surface area contributed by atoms with E-state index in [1.807, 2.05) is 0 Å². The third-order valence-electron chi connectivity index (χ3n) is 7.20. The quantitative estimate of drug-likeness (QED) is 0.192. The highest BCUT2D eigenvalue weighted by Gasteiger charge is 2.54. The first-order valence-electron chi connectivity index (χ1n) is 10.6. The van der Waals surface area contributed by atoms with Crippen molar-refractivity contribution in [1.82, 2.24) is 0 Å². The van der Waals surface area contributed by atoms with E-state index in [2.05, 4.69) is 79.7 Å². The van der Waals surface area contributed by atoms with Crippen molar-refractivity contribution in [3.8, 4) is 0 Å². The second-order valence-electron chi connectivity index (χ2n) is 8.66. The lowest BCUT2D eigenvalue weighted by molar-refractivity contribution is 0.539. The monoisotopic (exact) mass is 494 g/mol. The van der Waals surface area contributed by atoms with Crippen molar-refractivity contribution in [1.29, 1.82) is 0 Å². The van der Waals surface area contributed by atoms with Crippen LogP contribution in [0, 0.1) is 6.92 Å². The Morgan fingerprint density at radius 2 is 1.19 bits per heavy atom. The molecule has 2 bridgehead atoms. The molecule has 3 aliphatic carbocycles. The summed E-state index contributed by atoms with van der Waals surface area (Å²) in [6, 6.07) is 25.8. The van der Waals surface area contributed by atoms with E-state index in [0.29, 0.717) is 20.1 Å². The lowest BCUT2D eigenvalue weighted by Gasteiger charge is -2.52. The lowest BCUT2D eigenvalue weighted by Crippen LogP contribution is -2.44. The molecule has 32 heavy (non-hydrogen) atoms. The van der Waals surface area contributed by atoms with Crippen LogP contribution in [-0.2, 0) is 11.8 Å². The highest BCUT2D eigenvalue weighted by Crippen LogP contribution is 2.64. The SMILES string of the molecule is Cc1ccccc1CC12c3ccccc3C(c3ccccc31)c1c(Cl)c(Cl)c(Cl)c(Cl)c12. The normalized spacial score (nSPS) is 20.0. The van der Waals surface area contributed by atoms with Gasteiger partial charge in [-0.2, -0.15) is 0 Å². The van der Waals surface area contributed by atoms with E-state index in [0.717, 1.165) is 17.5 Å². The van der Waals surface area contributed by atoms with Crippen LogP contribution in [0.3, 0.4) is 0 Å². The van der Waals surface area contributed by atoms with Gasteiger partial charge in [0.2, 0.25) is 0 Å². The molecule has 0 atom stereocenters. The van der Waals surface area contributed by atoms with Gasteiger partial charge in [-0.3, -0.25) is 0 Å². The highest BCUT2D eigenvalue weighted by atomic mass is 35.5. The standard InChI is InChI=1S/C28H18Cl4/c1-15-8-2-3-9-16(15)14-28-19-12-6-4-10-17(19)21(18-11-5-7-13-20(18)28)22-23(28)25(30)27(32)26(31)24(22)29/h2-13,21H,14H2,1H3. The highest BCUT2D eigenvalue weighted by molar-refractivity contribution is 6.52. The maximum Gasteiger partial charge on any atom is 0.0797 e. The molecule has 4 aromatic carbocycles. The van der Waals surface area contributed by atoms with Gasteiger partial charge in [-0.15, -0.1) is 0 Å². The van der Waals surface area contributed by atoms with Gasteiger partial charge in [0.05, 0.1) is 25.5 Å². The van der Waals surface area contributed by atoms with Gasteiger partial charge < -0.3 is 0 Å². The van der Waals surface area contributed by atoms with Crippen LogP contribution in [-0.4, -0.2) is 0 Å². The fourth-order valence-electron chi connectivity index (χ4n) is 5.88. The van der Waals surface area contributed by atoms with Crippen molar-refractivity contribution in [2.75, 3.05) is 0 Å². The van der Waals surface area contributed by atoms with E-state index in [4.69, 9.17) is 46.4 Å². The van der Waals surface area contributed by atoms with Crippen molar-refractivity contribution in [3.63, 3.8) is 0 Å². The lowest BCUT2D eigenvalue weighted by atomic mass is 9.51. The largest absolute Gasteiger partial charge is 0.0823 e. The number of rotatable bonds is 2. The summed E-state index contributed by atoms with van der Waals surface area (Å²) >= 11 is 27.2. The van der Waals surface area contributed by atoms with Crippen LogP contribution >= 0.6 is 46.4 Å². The predicted octanol–water partition coefficient (Wildman–Crippen LogP) is 8.99. The van der Waals surface area contributed by atoms with Crippen LogP contribution in [0.4, 0.5) is 0 Å². The van der Waals surface area contributed by atoms with Crippen molar-refractivity contribution in [3.05, 3.63) is 137 Å². The van der Waals surface area contributed by atoms with Gasteiger partial charge in [-0.25, -0.2) is 0 Å². The molecule has 0 amide bonds. The summed E-state index contributed by atoms with van der Waals surface area (Å²) < 4.78 is 0. The maximum atomic E-state index is 7.04. The molecule has 0 unspecified atom stereocenters. The smallest absolute Gasteiger partial charge is 0.0797 e. The Bertz CT molecular complexity index is 1370. The molecule has 0 nitrogen and oxygen atoms in total. The Balaban J connectivity index is 1.82. The fourth-order valence-corrected chi connectivity index (χ4v) is 7.02. The molecule has 3 aliphatic rings. The molecule has 0 aliphatic heterocycles. The molecule has 4 heteroatoms. The first kappa shape index (κ1) is 20.6. The van der Waals surface area contributed by atoms with Gasteiger partial charge in [-0.1, -0.05) is 119 Å². The molecule has 4 aromatic rings. The third-order valence-corrected chi connectivity index (χ3v) is 9.02. The zero-order valence-corrected chi connectivity index (χ0v) is 20.2. The zero-order chi connectivity index (χ0) is 22.2. The van der Waals surface area contributed by atoms with Crippen molar-refractivity contribution < 1.29 is 0 Å². The minimum absolute atomic E-state index is 0.0316.